The smallest absolute Gasteiger partial charge is 0.194 e. The molecule has 4 rings (SSSR count). The molecule has 2 aromatic rings. The van der Waals surface area contributed by atoms with Crippen LogP contribution in [0, 0.1) is 29.3 Å². The van der Waals surface area contributed by atoms with Crippen LogP contribution in [0.1, 0.15) is 56.4 Å². The second-order valence-electron chi connectivity index (χ2n) is 8.56. The van der Waals surface area contributed by atoms with E-state index in [4.69, 9.17) is 0 Å². The van der Waals surface area contributed by atoms with Gasteiger partial charge in [0.1, 0.15) is 0 Å². The lowest BCUT2D eigenvalue weighted by Gasteiger charge is -2.33. The molecule has 2 atom stereocenters. The fraction of sp³-hybridized carbons (Fsp3) is 0.440. The van der Waals surface area contributed by atoms with Crippen molar-refractivity contribution >= 4 is 12.6 Å². The zero-order valence-electron chi connectivity index (χ0n) is 16.5. The first-order chi connectivity index (χ1) is 14.0. The van der Waals surface area contributed by atoms with Crippen molar-refractivity contribution in [3.63, 3.8) is 0 Å². The summed E-state index contributed by atoms with van der Waals surface area (Å²) in [7, 11) is 0. The predicted octanol–water partition coefficient (Wildman–Crippen LogP) is 7.70. The lowest BCUT2D eigenvalue weighted by Crippen LogP contribution is -2.21. The molecule has 0 N–H and O–H groups in total. The van der Waals surface area contributed by atoms with Gasteiger partial charge < -0.3 is 0 Å². The molecular weight excluding hydrogens is 389 g/mol. The summed E-state index contributed by atoms with van der Waals surface area (Å²) in [6, 6.07) is 9.98. The van der Waals surface area contributed by atoms with Gasteiger partial charge in [-0.05, 0) is 91.5 Å². The molecule has 29 heavy (non-hydrogen) atoms. The summed E-state index contributed by atoms with van der Waals surface area (Å²) >= 11 is 4.60. The maximum absolute atomic E-state index is 13.5. The molecule has 4 heteroatoms. The van der Waals surface area contributed by atoms with Crippen LogP contribution in [0.2, 0.25) is 0 Å². The summed E-state index contributed by atoms with van der Waals surface area (Å²) in [6.45, 7) is 0. The molecule has 0 radical (unpaired) electrons. The molecule has 0 aromatic heterocycles. The van der Waals surface area contributed by atoms with Gasteiger partial charge in [0.15, 0.2) is 17.5 Å². The average molecular weight is 417 g/mol. The van der Waals surface area contributed by atoms with E-state index in [9.17, 15) is 13.2 Å². The van der Waals surface area contributed by atoms with Crippen molar-refractivity contribution in [2.45, 2.75) is 56.1 Å². The van der Waals surface area contributed by atoms with Gasteiger partial charge in [-0.25, -0.2) is 13.2 Å². The molecular formula is C25H27F3S. The Morgan fingerprint density at radius 1 is 0.724 bits per heavy atom. The van der Waals surface area contributed by atoms with Crippen LogP contribution in [0.5, 0.6) is 0 Å². The highest BCUT2D eigenvalue weighted by molar-refractivity contribution is 7.81. The minimum Gasteiger partial charge on any atom is -0.204 e. The Balaban J connectivity index is 1.39. The van der Waals surface area contributed by atoms with Crippen LogP contribution in [0.25, 0.3) is 11.1 Å². The highest BCUT2D eigenvalue weighted by Gasteiger charge is 2.28. The van der Waals surface area contributed by atoms with Gasteiger partial charge in [-0.2, -0.15) is 12.6 Å². The Morgan fingerprint density at radius 2 is 1.34 bits per heavy atom. The number of hydrogen-bond donors (Lipinski definition) is 1. The molecule has 1 saturated carbocycles. The quantitative estimate of drug-likeness (QED) is 0.296. The van der Waals surface area contributed by atoms with Crippen molar-refractivity contribution in [1.29, 1.82) is 0 Å². The van der Waals surface area contributed by atoms with Crippen LogP contribution in [0.4, 0.5) is 13.2 Å². The number of thiol groups is 1. The number of allylic oxidation sites excluding steroid dienone is 1. The topological polar surface area (TPSA) is 0 Å². The zero-order chi connectivity index (χ0) is 20.4. The molecule has 154 valence electrons. The van der Waals surface area contributed by atoms with Crippen molar-refractivity contribution in [1.82, 2.24) is 0 Å². The molecule has 2 aliphatic carbocycles. The first-order valence-corrected chi connectivity index (χ1v) is 11.1. The molecule has 0 amide bonds. The van der Waals surface area contributed by atoms with Crippen molar-refractivity contribution < 1.29 is 13.2 Å². The van der Waals surface area contributed by atoms with Crippen LogP contribution in [0.15, 0.2) is 48.6 Å². The van der Waals surface area contributed by atoms with E-state index in [-0.39, 0.29) is 0 Å². The first kappa shape index (κ1) is 20.6. The number of hydrogen-bond acceptors (Lipinski definition) is 1. The number of halogens is 3. The minimum atomic E-state index is -1.42. The van der Waals surface area contributed by atoms with Crippen LogP contribution in [-0.2, 0) is 0 Å². The number of rotatable bonds is 3. The molecule has 0 spiro atoms. The third-order valence-electron chi connectivity index (χ3n) is 6.77. The Morgan fingerprint density at radius 3 is 2.00 bits per heavy atom. The van der Waals surface area contributed by atoms with Gasteiger partial charge >= 0.3 is 0 Å². The normalized spacial score (nSPS) is 27.6. The second-order valence-corrected chi connectivity index (χ2v) is 9.22. The molecule has 2 aromatic carbocycles. The van der Waals surface area contributed by atoms with Gasteiger partial charge in [-0.1, -0.05) is 36.4 Å². The van der Waals surface area contributed by atoms with E-state index in [1.165, 1.54) is 50.5 Å². The fourth-order valence-electron chi connectivity index (χ4n) is 5.03. The molecule has 0 bridgehead atoms. The Bertz CT molecular complexity index is 843. The lowest BCUT2D eigenvalue weighted by molar-refractivity contribution is 0.222. The van der Waals surface area contributed by atoms with E-state index in [1.807, 2.05) is 12.1 Å². The summed E-state index contributed by atoms with van der Waals surface area (Å²) in [5.41, 5.74) is 2.35. The van der Waals surface area contributed by atoms with Crippen molar-refractivity contribution in [3.8, 4) is 11.1 Å². The Kier molecular flexibility index (Phi) is 6.38. The van der Waals surface area contributed by atoms with Gasteiger partial charge in [-0.15, -0.1) is 0 Å². The fourth-order valence-corrected chi connectivity index (χ4v) is 5.30. The number of benzene rings is 2. The van der Waals surface area contributed by atoms with Gasteiger partial charge in [-0.3, -0.25) is 0 Å². The molecule has 0 nitrogen and oxygen atoms in total. The Hall–Kier alpha value is -1.68. The van der Waals surface area contributed by atoms with E-state index in [0.29, 0.717) is 22.3 Å². The third-order valence-corrected chi connectivity index (χ3v) is 7.20. The van der Waals surface area contributed by atoms with E-state index in [1.54, 1.807) is 0 Å². The van der Waals surface area contributed by atoms with Gasteiger partial charge in [0.05, 0.1) is 0 Å². The predicted molar refractivity (Wildman–Crippen MR) is 116 cm³/mol. The summed E-state index contributed by atoms with van der Waals surface area (Å²) in [4.78, 5) is 0. The summed E-state index contributed by atoms with van der Waals surface area (Å²) in [5, 5.41) is 0.415. The summed E-state index contributed by atoms with van der Waals surface area (Å²) in [5.74, 6) is -1.59. The second kappa shape index (κ2) is 8.99. The maximum Gasteiger partial charge on any atom is 0.194 e. The highest BCUT2D eigenvalue weighted by atomic mass is 32.1. The molecule has 1 fully saturated rings. The SMILES string of the molecule is Fc1cc(-c2ccc(C3CCC(C4CC=C[C@@H](S)CC4)CC3)cc2)cc(F)c1F. The highest BCUT2D eigenvalue weighted by Crippen LogP contribution is 2.42. The van der Waals surface area contributed by atoms with Crippen molar-refractivity contribution in [2.24, 2.45) is 11.8 Å². The molecule has 0 aliphatic heterocycles. The summed E-state index contributed by atoms with van der Waals surface area (Å²) < 4.78 is 40.2. The summed E-state index contributed by atoms with van der Waals surface area (Å²) in [6.07, 6.45) is 13.1. The lowest BCUT2D eigenvalue weighted by atomic mass is 9.72. The maximum atomic E-state index is 13.5. The Labute approximate surface area is 176 Å². The van der Waals surface area contributed by atoms with Crippen LogP contribution in [0.3, 0.4) is 0 Å². The van der Waals surface area contributed by atoms with Gasteiger partial charge in [0.25, 0.3) is 0 Å². The van der Waals surface area contributed by atoms with Gasteiger partial charge in [0.2, 0.25) is 0 Å². The van der Waals surface area contributed by atoms with Crippen LogP contribution < -0.4 is 0 Å². The van der Waals surface area contributed by atoms with Crippen LogP contribution >= 0.6 is 12.6 Å². The minimum absolute atomic E-state index is 0.362. The van der Waals surface area contributed by atoms with Crippen molar-refractivity contribution in [2.75, 3.05) is 0 Å². The molecule has 0 heterocycles. The first-order valence-electron chi connectivity index (χ1n) is 10.6. The molecule has 1 unspecified atom stereocenters. The third kappa shape index (κ3) is 4.74. The van der Waals surface area contributed by atoms with E-state index >= 15 is 0 Å². The standard InChI is InChI=1S/C25H27F3S/c26-23-14-21(15-24(27)25(23)28)20-10-8-19(9-11-20)18-6-4-17(5-7-18)16-2-1-3-22(29)13-12-16/h1,3,8-11,14-18,22,29H,2,4-7,12-13H2/t16?,17?,18?,22-/m1/s1. The molecule has 2 aliphatic rings. The van der Waals surface area contributed by atoms with Gasteiger partial charge in [0, 0.05) is 5.25 Å². The van der Waals surface area contributed by atoms with E-state index < -0.39 is 17.5 Å². The average Bonchev–Trinajstić information content (AvgIpc) is 2.96. The van der Waals surface area contributed by atoms with Crippen molar-refractivity contribution in [3.05, 3.63) is 71.6 Å². The molecule has 0 saturated heterocycles. The van der Waals surface area contributed by atoms with E-state index in [0.717, 1.165) is 24.0 Å². The van der Waals surface area contributed by atoms with Crippen LogP contribution in [-0.4, -0.2) is 5.25 Å². The zero-order valence-corrected chi connectivity index (χ0v) is 17.4. The van der Waals surface area contributed by atoms with E-state index in [2.05, 4.69) is 36.9 Å². The monoisotopic (exact) mass is 416 g/mol. The largest absolute Gasteiger partial charge is 0.204 e.